The maximum Gasteiger partial charge on any atom is 0.257 e. The predicted molar refractivity (Wildman–Crippen MR) is 93.5 cm³/mol. The molecule has 2 fully saturated rings. The van der Waals surface area contributed by atoms with Crippen molar-refractivity contribution < 1.29 is 13.9 Å². The molecule has 0 N–H and O–H groups in total. The number of hydrogen-bond donors (Lipinski definition) is 0. The summed E-state index contributed by atoms with van der Waals surface area (Å²) in [6, 6.07) is 5.78. The molecular formula is C19H23N3O3. The topological polar surface area (TPSA) is 58.8 Å². The van der Waals surface area contributed by atoms with Gasteiger partial charge in [0.25, 0.3) is 5.91 Å². The summed E-state index contributed by atoms with van der Waals surface area (Å²) >= 11 is 0. The zero-order valence-electron chi connectivity index (χ0n) is 14.3. The first-order valence-corrected chi connectivity index (χ1v) is 8.80. The lowest BCUT2D eigenvalue weighted by Crippen LogP contribution is -2.52. The molecule has 1 spiro atoms. The monoisotopic (exact) mass is 341 g/mol. The normalized spacial score (nSPS) is 24.3. The second-order valence-corrected chi connectivity index (χ2v) is 7.03. The van der Waals surface area contributed by atoms with Crippen LogP contribution in [-0.2, 0) is 4.74 Å². The van der Waals surface area contributed by atoms with Crippen LogP contribution in [0, 0.1) is 5.41 Å². The summed E-state index contributed by atoms with van der Waals surface area (Å²) in [5.74, 6) is 0.0463. The SMILES string of the molecule is O=C(c1ccoc1)N1CCC[C@@]2(COCCN(c3cccnc3)C2)C1. The van der Waals surface area contributed by atoms with Gasteiger partial charge < -0.3 is 19.0 Å². The average Bonchev–Trinajstić information content (AvgIpc) is 3.12. The van der Waals surface area contributed by atoms with Crippen molar-refractivity contribution in [3.8, 4) is 0 Å². The summed E-state index contributed by atoms with van der Waals surface area (Å²) in [4.78, 5) is 21.3. The van der Waals surface area contributed by atoms with Crippen LogP contribution >= 0.6 is 0 Å². The van der Waals surface area contributed by atoms with Crippen molar-refractivity contribution in [3.63, 3.8) is 0 Å². The van der Waals surface area contributed by atoms with Gasteiger partial charge in [0.15, 0.2) is 0 Å². The predicted octanol–water partition coefficient (Wildman–Crippen LogP) is 2.43. The van der Waals surface area contributed by atoms with E-state index in [4.69, 9.17) is 9.15 Å². The van der Waals surface area contributed by atoms with E-state index in [0.29, 0.717) is 25.3 Å². The first kappa shape index (κ1) is 16.1. The molecule has 0 aliphatic carbocycles. The number of aromatic nitrogens is 1. The number of likely N-dealkylation sites (tertiary alicyclic amines) is 1. The maximum absolute atomic E-state index is 12.7. The molecule has 6 nitrogen and oxygen atoms in total. The van der Waals surface area contributed by atoms with E-state index >= 15 is 0 Å². The molecule has 2 aromatic heterocycles. The van der Waals surface area contributed by atoms with Crippen molar-refractivity contribution >= 4 is 11.6 Å². The zero-order chi connectivity index (χ0) is 17.1. The number of ether oxygens (including phenoxy) is 1. The van der Waals surface area contributed by atoms with Gasteiger partial charge in [0.05, 0.1) is 36.9 Å². The second-order valence-electron chi connectivity index (χ2n) is 7.03. The molecule has 2 aliphatic rings. The van der Waals surface area contributed by atoms with Crippen molar-refractivity contribution in [2.75, 3.05) is 44.3 Å². The van der Waals surface area contributed by atoms with Gasteiger partial charge in [-0.05, 0) is 31.0 Å². The highest BCUT2D eigenvalue weighted by molar-refractivity contribution is 5.93. The number of furan rings is 1. The minimum Gasteiger partial charge on any atom is -0.472 e. The van der Waals surface area contributed by atoms with E-state index in [1.165, 1.54) is 6.26 Å². The Balaban J connectivity index is 1.53. The van der Waals surface area contributed by atoms with E-state index < -0.39 is 0 Å². The van der Waals surface area contributed by atoms with Gasteiger partial charge in [-0.15, -0.1) is 0 Å². The van der Waals surface area contributed by atoms with Gasteiger partial charge in [-0.2, -0.15) is 0 Å². The molecule has 0 bridgehead atoms. The fourth-order valence-electron chi connectivity index (χ4n) is 3.95. The number of hydrogen-bond acceptors (Lipinski definition) is 5. The molecule has 2 aliphatic heterocycles. The largest absolute Gasteiger partial charge is 0.472 e. The summed E-state index contributed by atoms with van der Waals surface area (Å²) < 4.78 is 11.0. The fraction of sp³-hybridized carbons (Fsp3) is 0.474. The van der Waals surface area contributed by atoms with Crippen molar-refractivity contribution in [2.24, 2.45) is 5.41 Å². The van der Waals surface area contributed by atoms with Crippen LogP contribution in [-0.4, -0.2) is 55.2 Å². The van der Waals surface area contributed by atoms with E-state index in [0.717, 1.165) is 38.2 Å². The van der Waals surface area contributed by atoms with Gasteiger partial charge in [-0.3, -0.25) is 9.78 Å². The van der Waals surface area contributed by atoms with Crippen LogP contribution in [0.5, 0.6) is 0 Å². The zero-order valence-corrected chi connectivity index (χ0v) is 14.3. The van der Waals surface area contributed by atoms with Crippen LogP contribution in [0.25, 0.3) is 0 Å². The second kappa shape index (κ2) is 6.88. The van der Waals surface area contributed by atoms with Gasteiger partial charge in [0, 0.05) is 37.8 Å². The number of anilines is 1. The summed E-state index contributed by atoms with van der Waals surface area (Å²) in [5, 5.41) is 0. The highest BCUT2D eigenvalue weighted by Gasteiger charge is 2.40. The first-order valence-electron chi connectivity index (χ1n) is 8.80. The van der Waals surface area contributed by atoms with Gasteiger partial charge in [-0.1, -0.05) is 0 Å². The molecular weight excluding hydrogens is 318 g/mol. The standard InChI is InChI=1S/C19H23N3O3/c23-18(16-4-9-24-12-16)22-7-2-5-19(14-22)13-21(8-10-25-15-19)17-3-1-6-20-11-17/h1,3-4,6,9,11-12H,2,5,7-8,10,13-15H2/t19-/m0/s1. The minimum absolute atomic E-state index is 0.0377. The summed E-state index contributed by atoms with van der Waals surface area (Å²) in [7, 11) is 0. The van der Waals surface area contributed by atoms with E-state index in [1.807, 2.05) is 17.2 Å². The van der Waals surface area contributed by atoms with E-state index in [2.05, 4.69) is 16.0 Å². The highest BCUT2D eigenvalue weighted by Crippen LogP contribution is 2.35. The van der Waals surface area contributed by atoms with Crippen molar-refractivity contribution in [2.45, 2.75) is 12.8 Å². The molecule has 4 rings (SSSR count). The average molecular weight is 341 g/mol. The molecule has 132 valence electrons. The van der Waals surface area contributed by atoms with Crippen LogP contribution < -0.4 is 4.90 Å². The number of carbonyl (C=O) groups excluding carboxylic acids is 1. The molecule has 0 aromatic carbocycles. The highest BCUT2D eigenvalue weighted by atomic mass is 16.5. The van der Waals surface area contributed by atoms with Gasteiger partial charge >= 0.3 is 0 Å². The van der Waals surface area contributed by atoms with E-state index in [9.17, 15) is 4.79 Å². The fourth-order valence-corrected chi connectivity index (χ4v) is 3.95. The van der Waals surface area contributed by atoms with Gasteiger partial charge in [0.1, 0.15) is 6.26 Å². The molecule has 1 atom stereocenters. The Morgan fingerprint density at radius 3 is 3.00 bits per heavy atom. The third-order valence-electron chi connectivity index (χ3n) is 5.17. The molecule has 2 saturated heterocycles. The lowest BCUT2D eigenvalue weighted by atomic mass is 9.79. The van der Waals surface area contributed by atoms with Gasteiger partial charge in [-0.25, -0.2) is 0 Å². The molecule has 6 heteroatoms. The third-order valence-corrected chi connectivity index (χ3v) is 5.17. The molecule has 4 heterocycles. The van der Waals surface area contributed by atoms with Crippen molar-refractivity contribution in [1.29, 1.82) is 0 Å². The van der Waals surface area contributed by atoms with Crippen molar-refractivity contribution in [3.05, 3.63) is 48.7 Å². The van der Waals surface area contributed by atoms with E-state index in [1.54, 1.807) is 18.5 Å². The van der Waals surface area contributed by atoms with Crippen LogP contribution in [0.15, 0.2) is 47.5 Å². The maximum atomic E-state index is 12.7. The first-order chi connectivity index (χ1) is 12.3. The summed E-state index contributed by atoms with van der Waals surface area (Å²) in [6.07, 6.45) is 8.82. The summed E-state index contributed by atoms with van der Waals surface area (Å²) in [5.41, 5.74) is 1.70. The molecule has 0 saturated carbocycles. The quantitative estimate of drug-likeness (QED) is 0.840. The van der Waals surface area contributed by atoms with E-state index in [-0.39, 0.29) is 11.3 Å². The smallest absolute Gasteiger partial charge is 0.257 e. The number of amides is 1. The van der Waals surface area contributed by atoms with Crippen LogP contribution in [0.3, 0.4) is 0 Å². The van der Waals surface area contributed by atoms with Crippen LogP contribution in [0.1, 0.15) is 23.2 Å². The molecule has 0 unspecified atom stereocenters. The third kappa shape index (κ3) is 3.39. The number of carbonyl (C=O) groups is 1. The Bertz CT molecular complexity index is 704. The lowest BCUT2D eigenvalue weighted by Gasteiger charge is -2.43. The Labute approximate surface area is 147 Å². The molecule has 1 amide bonds. The number of pyridine rings is 1. The summed E-state index contributed by atoms with van der Waals surface area (Å²) in [6.45, 7) is 4.63. The lowest BCUT2D eigenvalue weighted by molar-refractivity contribution is 0.0135. The molecule has 0 radical (unpaired) electrons. The minimum atomic E-state index is -0.0377. The molecule has 25 heavy (non-hydrogen) atoms. The number of piperidine rings is 1. The Kier molecular flexibility index (Phi) is 4.44. The molecule has 2 aromatic rings. The van der Waals surface area contributed by atoms with Crippen LogP contribution in [0.4, 0.5) is 5.69 Å². The van der Waals surface area contributed by atoms with Crippen molar-refractivity contribution in [1.82, 2.24) is 9.88 Å². The van der Waals surface area contributed by atoms with Crippen LogP contribution in [0.2, 0.25) is 0 Å². The number of nitrogens with zero attached hydrogens (tertiary/aromatic N) is 3. The number of rotatable bonds is 2. The Morgan fingerprint density at radius 1 is 1.24 bits per heavy atom. The Morgan fingerprint density at radius 2 is 2.20 bits per heavy atom. The van der Waals surface area contributed by atoms with Gasteiger partial charge in [0.2, 0.25) is 0 Å². The Hall–Kier alpha value is -2.34.